The molecule has 0 unspecified atom stereocenters. The minimum atomic E-state index is -4.83. The summed E-state index contributed by atoms with van der Waals surface area (Å²) in [4.78, 5) is 38.8. The van der Waals surface area contributed by atoms with E-state index in [4.69, 9.17) is 9.47 Å². The zero-order chi connectivity index (χ0) is 29.5. The van der Waals surface area contributed by atoms with Gasteiger partial charge < -0.3 is 24.4 Å². The molecule has 1 heterocycles. The molecule has 0 saturated heterocycles. The smallest absolute Gasteiger partial charge is 0.491 e. The fourth-order valence-corrected chi connectivity index (χ4v) is 4.30. The van der Waals surface area contributed by atoms with Crippen LogP contribution in [0.3, 0.4) is 0 Å². The SMILES string of the molecule is CC(=O)Nc1cc(C(=O)CCCCN(CCc2ccccc2OC(F)(F)F)C(=O)OC(C)(C)C)cc2c1OCC2. The monoisotopic (exact) mass is 564 g/mol. The van der Waals surface area contributed by atoms with Gasteiger partial charge in [0.2, 0.25) is 5.91 Å². The third kappa shape index (κ3) is 9.46. The number of rotatable bonds is 11. The van der Waals surface area contributed by atoms with E-state index in [0.29, 0.717) is 48.4 Å². The molecular weight excluding hydrogens is 529 g/mol. The highest BCUT2D eigenvalue weighted by molar-refractivity contribution is 5.99. The summed E-state index contributed by atoms with van der Waals surface area (Å²) in [6.45, 7) is 7.40. The summed E-state index contributed by atoms with van der Waals surface area (Å²) < 4.78 is 53.7. The topological polar surface area (TPSA) is 94.2 Å². The third-order valence-corrected chi connectivity index (χ3v) is 6.00. The number of hydrogen-bond acceptors (Lipinski definition) is 6. The molecule has 40 heavy (non-hydrogen) atoms. The van der Waals surface area contributed by atoms with E-state index in [1.54, 1.807) is 39.0 Å². The van der Waals surface area contributed by atoms with E-state index in [1.165, 1.54) is 30.0 Å². The molecule has 218 valence electrons. The minimum Gasteiger partial charge on any atom is -0.491 e. The van der Waals surface area contributed by atoms with Crippen LogP contribution in [0.2, 0.25) is 0 Å². The van der Waals surface area contributed by atoms with E-state index in [1.807, 2.05) is 0 Å². The van der Waals surface area contributed by atoms with Crippen molar-refractivity contribution in [3.63, 3.8) is 0 Å². The standard InChI is InChI=1S/C29H35F3N2O6/c1-19(35)33-23-18-22(17-21-13-16-38-26(21)23)24(36)10-7-8-14-34(27(37)40-28(2,3)4)15-12-20-9-5-6-11-25(20)39-29(30,31)32/h5-6,9,11,17-18H,7-8,10,12-16H2,1-4H3,(H,33,35). The zero-order valence-corrected chi connectivity index (χ0v) is 23.2. The lowest BCUT2D eigenvalue weighted by atomic mass is 10.0. The first kappa shape index (κ1) is 30.8. The fourth-order valence-electron chi connectivity index (χ4n) is 4.30. The number of ether oxygens (including phenoxy) is 3. The molecule has 11 heteroatoms. The summed E-state index contributed by atoms with van der Waals surface area (Å²) in [6, 6.07) is 9.19. The van der Waals surface area contributed by atoms with Gasteiger partial charge in [-0.1, -0.05) is 18.2 Å². The molecule has 8 nitrogen and oxygen atoms in total. The number of amides is 2. The first-order valence-corrected chi connectivity index (χ1v) is 13.1. The van der Waals surface area contributed by atoms with Crippen molar-refractivity contribution in [2.45, 2.75) is 71.8 Å². The van der Waals surface area contributed by atoms with Gasteiger partial charge in [0, 0.05) is 44.0 Å². The van der Waals surface area contributed by atoms with Crippen LogP contribution in [0.5, 0.6) is 11.5 Å². The van der Waals surface area contributed by atoms with Gasteiger partial charge in [0.15, 0.2) is 5.78 Å². The maximum atomic E-state index is 12.9. The van der Waals surface area contributed by atoms with Crippen molar-refractivity contribution >= 4 is 23.5 Å². The number of alkyl halides is 3. The van der Waals surface area contributed by atoms with Gasteiger partial charge in [-0.3, -0.25) is 9.59 Å². The van der Waals surface area contributed by atoms with Crippen LogP contribution >= 0.6 is 0 Å². The molecule has 2 amide bonds. The predicted molar refractivity (Wildman–Crippen MR) is 143 cm³/mol. The largest absolute Gasteiger partial charge is 0.573 e. The molecule has 0 aromatic heterocycles. The number of ketones is 1. The highest BCUT2D eigenvalue weighted by Gasteiger charge is 2.32. The van der Waals surface area contributed by atoms with Crippen LogP contribution in [0, 0.1) is 0 Å². The van der Waals surface area contributed by atoms with E-state index >= 15 is 0 Å². The highest BCUT2D eigenvalue weighted by atomic mass is 19.4. The fraction of sp³-hybridized carbons (Fsp3) is 0.483. The number of nitrogens with zero attached hydrogens (tertiary/aromatic N) is 1. The second-order valence-electron chi connectivity index (χ2n) is 10.5. The van der Waals surface area contributed by atoms with Crippen molar-refractivity contribution in [3.8, 4) is 11.5 Å². The van der Waals surface area contributed by atoms with Gasteiger partial charge in [0.05, 0.1) is 12.3 Å². The van der Waals surface area contributed by atoms with Crippen molar-refractivity contribution in [2.24, 2.45) is 0 Å². The summed E-state index contributed by atoms with van der Waals surface area (Å²) in [5.41, 5.74) is 1.35. The number of halogens is 3. The number of fused-ring (bicyclic) bond motifs is 1. The Morgan fingerprint density at radius 2 is 1.77 bits per heavy atom. The number of carbonyl (C=O) groups is 3. The molecule has 3 rings (SSSR count). The van der Waals surface area contributed by atoms with Crippen LogP contribution in [-0.2, 0) is 22.4 Å². The molecule has 1 N–H and O–H groups in total. The second-order valence-corrected chi connectivity index (χ2v) is 10.5. The maximum absolute atomic E-state index is 12.9. The van der Waals surface area contributed by atoms with Gasteiger partial charge in [0.1, 0.15) is 17.1 Å². The van der Waals surface area contributed by atoms with Crippen LogP contribution < -0.4 is 14.8 Å². The molecule has 2 aromatic carbocycles. The van der Waals surface area contributed by atoms with Gasteiger partial charge in [-0.2, -0.15) is 0 Å². The minimum absolute atomic E-state index is 0.103. The van der Waals surface area contributed by atoms with E-state index in [9.17, 15) is 27.6 Å². The van der Waals surface area contributed by atoms with Crippen LogP contribution in [-0.4, -0.2) is 54.3 Å². The number of hydrogen-bond donors (Lipinski definition) is 1. The van der Waals surface area contributed by atoms with Gasteiger partial charge >= 0.3 is 12.5 Å². The number of unbranched alkanes of at least 4 members (excludes halogenated alkanes) is 1. The third-order valence-electron chi connectivity index (χ3n) is 6.00. The van der Waals surface area contributed by atoms with Crippen LogP contribution in [0.1, 0.15) is 68.4 Å². The average Bonchev–Trinajstić information content (AvgIpc) is 3.31. The molecule has 1 aliphatic rings. The van der Waals surface area contributed by atoms with Crippen LogP contribution in [0.4, 0.5) is 23.7 Å². The molecule has 0 fully saturated rings. The highest BCUT2D eigenvalue weighted by Crippen LogP contribution is 2.35. The summed E-state index contributed by atoms with van der Waals surface area (Å²) >= 11 is 0. The quantitative estimate of drug-likeness (QED) is 0.254. The number of nitrogens with one attached hydrogen (secondary N) is 1. The molecule has 0 aliphatic carbocycles. The normalized spacial score (nSPS) is 12.8. The van der Waals surface area contributed by atoms with E-state index < -0.39 is 18.1 Å². The molecule has 2 aromatic rings. The molecule has 0 radical (unpaired) electrons. The average molecular weight is 565 g/mol. The van der Waals surface area contributed by atoms with Crippen molar-refractivity contribution in [2.75, 3.05) is 25.0 Å². The van der Waals surface area contributed by atoms with Crippen LogP contribution in [0.25, 0.3) is 0 Å². The van der Waals surface area contributed by atoms with Crippen LogP contribution in [0.15, 0.2) is 36.4 Å². The number of anilines is 1. The van der Waals surface area contributed by atoms with E-state index in [2.05, 4.69) is 10.1 Å². The lowest BCUT2D eigenvalue weighted by molar-refractivity contribution is -0.274. The number of benzene rings is 2. The van der Waals surface area contributed by atoms with Gasteiger partial charge in [0.25, 0.3) is 0 Å². The van der Waals surface area contributed by atoms with Gasteiger partial charge in [-0.25, -0.2) is 4.79 Å². The Morgan fingerprint density at radius 3 is 2.45 bits per heavy atom. The summed E-state index contributed by atoms with van der Waals surface area (Å²) in [7, 11) is 0. The lowest BCUT2D eigenvalue weighted by Crippen LogP contribution is -2.38. The summed E-state index contributed by atoms with van der Waals surface area (Å²) in [5.74, 6) is -0.106. The Balaban J connectivity index is 1.62. The number of Topliss-reactive ketones (excluding diaryl/α,β-unsaturated/α-hetero) is 1. The Bertz CT molecular complexity index is 1220. The lowest BCUT2D eigenvalue weighted by Gasteiger charge is -2.27. The summed E-state index contributed by atoms with van der Waals surface area (Å²) in [5, 5.41) is 2.71. The van der Waals surface area contributed by atoms with Gasteiger partial charge in [-0.05, 0) is 63.8 Å². The van der Waals surface area contributed by atoms with Crippen molar-refractivity contribution in [3.05, 3.63) is 53.1 Å². The maximum Gasteiger partial charge on any atom is 0.573 e. The van der Waals surface area contributed by atoms with Crippen molar-refractivity contribution in [1.82, 2.24) is 4.90 Å². The van der Waals surface area contributed by atoms with E-state index in [-0.39, 0.29) is 43.4 Å². The Labute approximate surface area is 231 Å². The second kappa shape index (κ2) is 13.1. The first-order valence-electron chi connectivity index (χ1n) is 13.1. The zero-order valence-electron chi connectivity index (χ0n) is 23.2. The molecule has 1 aliphatic heterocycles. The molecule has 0 spiro atoms. The van der Waals surface area contributed by atoms with Crippen molar-refractivity contribution < 1.29 is 41.8 Å². The summed E-state index contributed by atoms with van der Waals surface area (Å²) in [6.07, 6.45) is -3.51. The molecule has 0 atom stereocenters. The number of carbonyl (C=O) groups excluding carboxylic acids is 3. The Morgan fingerprint density at radius 1 is 1.05 bits per heavy atom. The Kier molecular flexibility index (Phi) is 10.1. The molecule has 0 bridgehead atoms. The Hall–Kier alpha value is -3.76. The molecule has 0 saturated carbocycles. The van der Waals surface area contributed by atoms with Crippen molar-refractivity contribution in [1.29, 1.82) is 0 Å². The predicted octanol–water partition coefficient (Wildman–Crippen LogP) is 6.31. The molecular formula is C29H35F3N2O6. The number of para-hydroxylation sites is 1. The van der Waals surface area contributed by atoms with E-state index in [0.717, 1.165) is 5.56 Å². The van der Waals surface area contributed by atoms with Gasteiger partial charge in [-0.15, -0.1) is 13.2 Å². The first-order chi connectivity index (χ1) is 18.7.